The lowest BCUT2D eigenvalue weighted by molar-refractivity contribution is -0.127. The highest BCUT2D eigenvalue weighted by molar-refractivity contribution is 6.31. The highest BCUT2D eigenvalue weighted by Gasteiger charge is 2.69. The van der Waals surface area contributed by atoms with Gasteiger partial charge in [0, 0.05) is 45.7 Å². The van der Waals surface area contributed by atoms with E-state index in [1.165, 1.54) is 6.07 Å². The van der Waals surface area contributed by atoms with Gasteiger partial charge in [-0.25, -0.2) is 9.18 Å². The lowest BCUT2D eigenvalue weighted by Crippen LogP contribution is -2.52. The first-order chi connectivity index (χ1) is 18.3. The fourth-order valence-electron chi connectivity index (χ4n) is 7.11. The standard InChI is InChI=1S/C28H21Cl2FN4O3.CH4/c1-2-34-22-12-21-15-8-6-13(26(36)37)10-19(15)33-35(21)25(22)23(16-4-3-5-18(30)24(16)31)28(34)17-9-7-14(29)11-20(17)32-27(28)38;/h3-11,22-23,25H,2,12H2,1H3,(H,32,38)(H,36,37);1H4/t22-,23-,25+,28+;/m0./s1. The second kappa shape index (κ2) is 8.78. The predicted molar refractivity (Wildman–Crippen MR) is 148 cm³/mol. The molecule has 200 valence electrons. The molecule has 39 heavy (non-hydrogen) atoms. The van der Waals surface area contributed by atoms with Crippen molar-refractivity contribution in [2.75, 3.05) is 11.9 Å². The largest absolute Gasteiger partial charge is 0.478 e. The van der Waals surface area contributed by atoms with E-state index < -0.39 is 29.3 Å². The number of hydrogen-bond donors (Lipinski definition) is 2. The molecule has 1 aromatic heterocycles. The maximum absolute atomic E-state index is 15.9. The molecule has 7 rings (SSSR count). The molecule has 3 aliphatic rings. The minimum Gasteiger partial charge on any atom is -0.478 e. The number of nitrogens with zero attached hydrogens (tertiary/aromatic N) is 3. The molecule has 1 fully saturated rings. The lowest BCUT2D eigenvalue weighted by Gasteiger charge is -2.39. The number of hydrogen-bond acceptors (Lipinski definition) is 4. The molecule has 0 radical (unpaired) electrons. The van der Waals surface area contributed by atoms with Gasteiger partial charge < -0.3 is 10.4 Å². The van der Waals surface area contributed by atoms with Gasteiger partial charge in [0.25, 0.3) is 0 Å². The fraction of sp³-hybridized carbons (Fsp3) is 0.276. The SMILES string of the molecule is C.CCN1[C@H]2Cc3c4ccc(C(=O)O)cc4nn3[C@H]2[C@H](c2cccc(Cl)c2F)[C@]12C(=O)Nc1cc(Cl)ccc12. The van der Waals surface area contributed by atoms with Crippen LogP contribution in [0.15, 0.2) is 54.6 Å². The summed E-state index contributed by atoms with van der Waals surface area (Å²) < 4.78 is 17.7. The number of likely N-dealkylation sites (N-methyl/N-ethyl adjacent to an activating group) is 1. The summed E-state index contributed by atoms with van der Waals surface area (Å²) in [6, 6.07) is 14.5. The van der Waals surface area contributed by atoms with E-state index in [0.717, 1.165) is 16.6 Å². The van der Waals surface area contributed by atoms with Crippen molar-refractivity contribution in [1.82, 2.24) is 14.7 Å². The molecule has 1 amide bonds. The number of aromatic carboxylic acids is 1. The first-order valence-electron chi connectivity index (χ1n) is 12.3. The number of nitrogens with one attached hydrogen (secondary N) is 1. The van der Waals surface area contributed by atoms with Crippen LogP contribution < -0.4 is 5.32 Å². The maximum atomic E-state index is 15.9. The molecule has 4 atom stereocenters. The molecular formula is C29H25Cl2FN4O3. The Bertz CT molecular complexity index is 1710. The molecule has 1 spiro atoms. The first kappa shape index (κ1) is 25.8. The molecule has 0 bridgehead atoms. The number of likely N-dealkylation sites (tertiary alicyclic amines) is 1. The van der Waals surface area contributed by atoms with Gasteiger partial charge in [0.2, 0.25) is 5.91 Å². The highest BCUT2D eigenvalue weighted by Crippen LogP contribution is 2.63. The minimum atomic E-state index is -1.22. The Morgan fingerprint density at radius 1 is 1.21 bits per heavy atom. The van der Waals surface area contributed by atoms with Gasteiger partial charge in [-0.2, -0.15) is 5.10 Å². The van der Waals surface area contributed by atoms with Crippen molar-refractivity contribution >= 4 is 51.7 Å². The van der Waals surface area contributed by atoms with Gasteiger partial charge in [-0.3, -0.25) is 14.4 Å². The summed E-state index contributed by atoms with van der Waals surface area (Å²) in [7, 11) is 0. The zero-order valence-corrected chi connectivity index (χ0v) is 21.6. The average molecular weight is 567 g/mol. The molecule has 2 N–H and O–H groups in total. The third kappa shape index (κ3) is 3.22. The van der Waals surface area contributed by atoms with Crippen molar-refractivity contribution in [3.05, 3.63) is 92.8 Å². The Morgan fingerprint density at radius 3 is 2.74 bits per heavy atom. The van der Waals surface area contributed by atoms with Crippen LogP contribution in [0.25, 0.3) is 10.9 Å². The molecule has 7 nitrogen and oxygen atoms in total. The monoisotopic (exact) mass is 566 g/mol. The Labute approximate surface area is 234 Å². The summed E-state index contributed by atoms with van der Waals surface area (Å²) in [5, 5.41) is 18.7. The van der Waals surface area contributed by atoms with E-state index in [-0.39, 0.29) is 30.0 Å². The molecule has 0 saturated carbocycles. The summed E-state index contributed by atoms with van der Waals surface area (Å²) in [5.74, 6) is -2.53. The Kier molecular flexibility index (Phi) is 5.81. The number of carbonyl (C=O) groups is 2. The first-order valence-corrected chi connectivity index (χ1v) is 13.1. The number of benzene rings is 3. The summed E-state index contributed by atoms with van der Waals surface area (Å²) in [4.78, 5) is 27.8. The molecule has 3 aromatic carbocycles. The van der Waals surface area contributed by atoms with Crippen LogP contribution in [0, 0.1) is 5.82 Å². The van der Waals surface area contributed by atoms with Gasteiger partial charge in [-0.1, -0.05) is 61.8 Å². The van der Waals surface area contributed by atoms with Crippen molar-refractivity contribution in [3.63, 3.8) is 0 Å². The van der Waals surface area contributed by atoms with Crippen LogP contribution in [0.3, 0.4) is 0 Å². The molecular weight excluding hydrogens is 542 g/mol. The number of rotatable bonds is 3. The van der Waals surface area contributed by atoms with Gasteiger partial charge >= 0.3 is 5.97 Å². The van der Waals surface area contributed by atoms with E-state index in [1.807, 2.05) is 17.7 Å². The molecule has 4 heterocycles. The maximum Gasteiger partial charge on any atom is 0.335 e. The van der Waals surface area contributed by atoms with Crippen LogP contribution in [0.2, 0.25) is 10.0 Å². The molecule has 10 heteroatoms. The third-order valence-corrected chi connectivity index (χ3v) is 8.94. The van der Waals surface area contributed by atoms with E-state index >= 15 is 4.39 Å². The van der Waals surface area contributed by atoms with Crippen LogP contribution in [-0.4, -0.2) is 44.3 Å². The molecule has 4 aromatic rings. The lowest BCUT2D eigenvalue weighted by atomic mass is 9.73. The van der Waals surface area contributed by atoms with Crippen LogP contribution in [0.5, 0.6) is 0 Å². The van der Waals surface area contributed by atoms with Crippen LogP contribution in [-0.2, 0) is 16.8 Å². The summed E-state index contributed by atoms with van der Waals surface area (Å²) in [6.45, 7) is 2.52. The van der Waals surface area contributed by atoms with Crippen LogP contribution in [0.1, 0.15) is 53.5 Å². The van der Waals surface area contributed by atoms with Gasteiger partial charge in [-0.05, 0) is 42.4 Å². The summed E-state index contributed by atoms with van der Waals surface area (Å²) >= 11 is 12.6. The Morgan fingerprint density at radius 2 is 2.00 bits per heavy atom. The summed E-state index contributed by atoms with van der Waals surface area (Å²) in [6.07, 6.45) is 0.568. The Balaban J connectivity index is 0.00000277. The van der Waals surface area contributed by atoms with Crippen molar-refractivity contribution in [2.45, 2.75) is 44.3 Å². The number of amides is 1. The predicted octanol–water partition coefficient (Wildman–Crippen LogP) is 6.25. The van der Waals surface area contributed by atoms with E-state index in [2.05, 4.69) is 10.2 Å². The van der Waals surface area contributed by atoms with Gasteiger partial charge in [0.15, 0.2) is 0 Å². The average Bonchev–Trinajstić information content (AvgIpc) is 3.57. The normalized spacial score (nSPS) is 24.9. The highest BCUT2D eigenvalue weighted by atomic mass is 35.5. The van der Waals surface area contributed by atoms with Crippen molar-refractivity contribution in [2.24, 2.45) is 0 Å². The molecule has 3 aliphatic heterocycles. The number of carbonyl (C=O) groups excluding carboxylic acids is 1. The number of aromatic nitrogens is 2. The van der Waals surface area contributed by atoms with Crippen molar-refractivity contribution < 1.29 is 19.1 Å². The van der Waals surface area contributed by atoms with E-state index in [1.54, 1.807) is 42.5 Å². The topological polar surface area (TPSA) is 87.5 Å². The number of carboxylic acid groups (broad SMARTS) is 1. The van der Waals surface area contributed by atoms with Gasteiger partial charge in [0.05, 0.1) is 22.1 Å². The minimum absolute atomic E-state index is 0. The van der Waals surface area contributed by atoms with Gasteiger partial charge in [-0.15, -0.1) is 0 Å². The zero-order chi connectivity index (χ0) is 26.5. The summed E-state index contributed by atoms with van der Waals surface area (Å²) in [5.41, 5.74) is 2.07. The van der Waals surface area contributed by atoms with Crippen LogP contribution >= 0.6 is 23.2 Å². The fourth-order valence-corrected chi connectivity index (χ4v) is 7.46. The molecule has 0 unspecified atom stereocenters. The second-order valence-corrected chi connectivity index (χ2v) is 10.9. The van der Waals surface area contributed by atoms with E-state index in [4.69, 9.17) is 28.3 Å². The number of anilines is 1. The van der Waals surface area contributed by atoms with E-state index in [9.17, 15) is 14.7 Å². The Hall–Kier alpha value is -3.46. The van der Waals surface area contributed by atoms with Gasteiger partial charge in [0.1, 0.15) is 11.4 Å². The third-order valence-electron chi connectivity index (χ3n) is 8.42. The zero-order valence-electron chi connectivity index (χ0n) is 20.1. The number of halogens is 3. The van der Waals surface area contributed by atoms with E-state index in [0.29, 0.717) is 34.8 Å². The van der Waals surface area contributed by atoms with Crippen molar-refractivity contribution in [3.8, 4) is 0 Å². The number of fused-ring (bicyclic) bond motifs is 7. The second-order valence-electron chi connectivity index (χ2n) is 10.0. The smallest absolute Gasteiger partial charge is 0.335 e. The molecule has 0 aliphatic carbocycles. The van der Waals surface area contributed by atoms with Crippen molar-refractivity contribution in [1.29, 1.82) is 0 Å². The molecule has 1 saturated heterocycles. The number of carboxylic acids is 1. The van der Waals surface area contributed by atoms with Crippen LogP contribution in [0.4, 0.5) is 10.1 Å². The quantitative estimate of drug-likeness (QED) is 0.306.